The van der Waals surface area contributed by atoms with E-state index in [-0.39, 0.29) is 10.3 Å². The lowest BCUT2D eigenvalue weighted by Gasteiger charge is -2.14. The minimum absolute atomic E-state index is 0.146. The second-order valence-corrected chi connectivity index (χ2v) is 4.54. The summed E-state index contributed by atoms with van der Waals surface area (Å²) in [7, 11) is 0. The summed E-state index contributed by atoms with van der Waals surface area (Å²) < 4.78 is 40.3. The molecule has 0 atom stereocenters. The molecule has 0 bridgehead atoms. The number of alkyl halides is 3. The van der Waals surface area contributed by atoms with Gasteiger partial charge in [0.15, 0.2) is 11.6 Å². The average molecular weight is 350 g/mol. The van der Waals surface area contributed by atoms with Gasteiger partial charge in [-0.1, -0.05) is 5.16 Å². The number of hydrogen-bond acceptors (Lipinski definition) is 4. The molecule has 0 aliphatic rings. The van der Waals surface area contributed by atoms with Gasteiger partial charge in [0, 0.05) is 23.1 Å². The zero-order valence-corrected chi connectivity index (χ0v) is 11.2. The Morgan fingerprint density at radius 2 is 2.10 bits per heavy atom. The number of halogens is 4. The van der Waals surface area contributed by atoms with Gasteiger partial charge >= 0.3 is 6.18 Å². The van der Waals surface area contributed by atoms with Crippen LogP contribution in [0.25, 0.3) is 5.82 Å². The van der Waals surface area contributed by atoms with Crippen LogP contribution in [0.3, 0.4) is 0 Å². The molecular weight excluding hydrogens is 343 g/mol. The molecule has 10 heteroatoms. The molecule has 0 amide bonds. The minimum Gasteiger partial charge on any atom is -0.409 e. The quantitative estimate of drug-likeness (QED) is 0.376. The SMILES string of the molecule is N/C(=N/O)c1nccn1-c1ncc(Br)cc1C(F)(F)F. The predicted octanol–water partition coefficient (Wildman–Crippen LogP) is 2.14. The van der Waals surface area contributed by atoms with Crippen LogP contribution in [-0.4, -0.2) is 25.6 Å². The van der Waals surface area contributed by atoms with Gasteiger partial charge in [-0.25, -0.2) is 9.97 Å². The van der Waals surface area contributed by atoms with Crippen molar-refractivity contribution >= 4 is 21.8 Å². The van der Waals surface area contributed by atoms with Crippen molar-refractivity contribution in [3.63, 3.8) is 0 Å². The first-order valence-corrected chi connectivity index (χ1v) is 5.88. The number of oxime groups is 1. The first-order chi connectivity index (χ1) is 9.34. The van der Waals surface area contributed by atoms with E-state index >= 15 is 0 Å². The topological polar surface area (TPSA) is 89.3 Å². The smallest absolute Gasteiger partial charge is 0.409 e. The third-order valence-electron chi connectivity index (χ3n) is 2.34. The third kappa shape index (κ3) is 2.59. The van der Waals surface area contributed by atoms with Gasteiger partial charge in [-0.05, 0) is 22.0 Å². The maximum atomic E-state index is 13.0. The summed E-state index contributed by atoms with van der Waals surface area (Å²) in [6.07, 6.45) is -0.949. The van der Waals surface area contributed by atoms with Gasteiger partial charge in [-0.3, -0.25) is 4.57 Å². The van der Waals surface area contributed by atoms with Crippen molar-refractivity contribution in [1.82, 2.24) is 14.5 Å². The molecule has 2 aromatic heterocycles. The first-order valence-electron chi connectivity index (χ1n) is 5.09. The van der Waals surface area contributed by atoms with E-state index in [0.29, 0.717) is 0 Å². The van der Waals surface area contributed by atoms with Crippen molar-refractivity contribution in [2.75, 3.05) is 0 Å². The van der Waals surface area contributed by atoms with E-state index in [0.717, 1.165) is 10.6 Å². The summed E-state index contributed by atoms with van der Waals surface area (Å²) in [4.78, 5) is 7.47. The van der Waals surface area contributed by atoms with Crippen LogP contribution >= 0.6 is 15.9 Å². The van der Waals surface area contributed by atoms with E-state index in [2.05, 4.69) is 31.1 Å². The first kappa shape index (κ1) is 14.3. The fourth-order valence-corrected chi connectivity index (χ4v) is 1.87. The summed E-state index contributed by atoms with van der Waals surface area (Å²) in [6, 6.07) is 0.887. The maximum Gasteiger partial charge on any atom is 0.420 e. The van der Waals surface area contributed by atoms with E-state index in [1.54, 1.807) is 0 Å². The van der Waals surface area contributed by atoms with Crippen molar-refractivity contribution < 1.29 is 18.4 Å². The summed E-state index contributed by atoms with van der Waals surface area (Å²) in [5.41, 5.74) is 4.39. The molecule has 20 heavy (non-hydrogen) atoms. The number of nitrogens with two attached hydrogens (primary N) is 1. The zero-order valence-electron chi connectivity index (χ0n) is 9.63. The highest BCUT2D eigenvalue weighted by Crippen LogP contribution is 2.34. The van der Waals surface area contributed by atoms with Gasteiger partial charge in [0.2, 0.25) is 5.84 Å². The number of imidazole rings is 1. The number of rotatable bonds is 2. The summed E-state index contributed by atoms with van der Waals surface area (Å²) in [5, 5.41) is 11.3. The fraction of sp³-hybridized carbons (Fsp3) is 0.100. The minimum atomic E-state index is -4.61. The molecule has 0 spiro atoms. The van der Waals surface area contributed by atoms with E-state index in [1.165, 1.54) is 18.6 Å². The number of amidine groups is 1. The van der Waals surface area contributed by atoms with Gasteiger partial charge in [0.25, 0.3) is 0 Å². The van der Waals surface area contributed by atoms with Crippen LogP contribution in [0.5, 0.6) is 0 Å². The van der Waals surface area contributed by atoms with Crippen molar-refractivity contribution in [3.8, 4) is 5.82 Å². The molecule has 0 saturated heterocycles. The van der Waals surface area contributed by atoms with Crippen LogP contribution < -0.4 is 5.73 Å². The average Bonchev–Trinajstić information content (AvgIpc) is 2.85. The molecule has 2 aromatic rings. The molecule has 2 heterocycles. The molecule has 2 rings (SSSR count). The van der Waals surface area contributed by atoms with E-state index < -0.39 is 23.4 Å². The van der Waals surface area contributed by atoms with Gasteiger partial charge in [0.05, 0.1) is 5.56 Å². The molecule has 0 fully saturated rings. The molecule has 0 radical (unpaired) electrons. The van der Waals surface area contributed by atoms with Crippen LogP contribution in [-0.2, 0) is 6.18 Å². The fourth-order valence-electron chi connectivity index (χ4n) is 1.54. The lowest BCUT2D eigenvalue weighted by Crippen LogP contribution is -2.21. The number of pyridine rings is 1. The Labute approximate surface area is 118 Å². The molecule has 0 aliphatic carbocycles. The van der Waals surface area contributed by atoms with Gasteiger partial charge in [-0.2, -0.15) is 13.2 Å². The molecule has 106 valence electrons. The summed E-state index contributed by atoms with van der Waals surface area (Å²) in [6.45, 7) is 0. The maximum absolute atomic E-state index is 13.0. The highest BCUT2D eigenvalue weighted by molar-refractivity contribution is 9.10. The lowest BCUT2D eigenvalue weighted by atomic mass is 10.2. The van der Waals surface area contributed by atoms with Crippen LogP contribution in [0.2, 0.25) is 0 Å². The van der Waals surface area contributed by atoms with Crippen molar-refractivity contribution in [2.45, 2.75) is 6.18 Å². The number of hydrogen-bond donors (Lipinski definition) is 2. The molecule has 3 N–H and O–H groups in total. The third-order valence-corrected chi connectivity index (χ3v) is 2.78. The monoisotopic (exact) mass is 349 g/mol. The molecule has 0 saturated carbocycles. The van der Waals surface area contributed by atoms with Gasteiger partial charge < -0.3 is 10.9 Å². The zero-order chi connectivity index (χ0) is 14.9. The molecular formula is C10H7BrF3N5O. The molecule has 0 aromatic carbocycles. The highest BCUT2D eigenvalue weighted by Gasteiger charge is 2.35. The molecule has 0 aliphatic heterocycles. The second kappa shape index (κ2) is 5.12. The Hall–Kier alpha value is -2.10. The Morgan fingerprint density at radius 1 is 1.40 bits per heavy atom. The van der Waals surface area contributed by atoms with Gasteiger partial charge in [0.1, 0.15) is 0 Å². The van der Waals surface area contributed by atoms with E-state index in [4.69, 9.17) is 10.9 Å². The van der Waals surface area contributed by atoms with Crippen LogP contribution in [0.1, 0.15) is 11.4 Å². The Kier molecular flexibility index (Phi) is 3.66. The standard InChI is InChI=1S/C10H7BrF3N5O/c11-5-3-6(10(12,13)14)8(17-4-5)19-2-1-16-9(19)7(15)18-20/h1-4,20H,(H2,15,18). The summed E-state index contributed by atoms with van der Waals surface area (Å²) >= 11 is 2.94. The Bertz CT molecular complexity index is 667. The predicted molar refractivity (Wildman–Crippen MR) is 66.6 cm³/mol. The van der Waals surface area contributed by atoms with Crippen LogP contribution in [0.4, 0.5) is 13.2 Å². The number of aromatic nitrogens is 3. The number of nitrogens with zero attached hydrogens (tertiary/aromatic N) is 4. The normalized spacial score (nSPS) is 12.7. The van der Waals surface area contributed by atoms with Crippen molar-refractivity contribution in [3.05, 3.63) is 40.5 Å². The van der Waals surface area contributed by atoms with Crippen molar-refractivity contribution in [1.29, 1.82) is 0 Å². The van der Waals surface area contributed by atoms with Crippen LogP contribution in [0, 0.1) is 0 Å². The molecule has 0 unspecified atom stereocenters. The summed E-state index contributed by atoms with van der Waals surface area (Å²) in [5.74, 6) is -0.986. The Morgan fingerprint density at radius 3 is 2.70 bits per heavy atom. The van der Waals surface area contributed by atoms with Crippen LogP contribution in [0.15, 0.2) is 34.3 Å². The largest absolute Gasteiger partial charge is 0.420 e. The van der Waals surface area contributed by atoms with E-state index in [1.807, 2.05) is 0 Å². The van der Waals surface area contributed by atoms with E-state index in [9.17, 15) is 13.2 Å². The lowest BCUT2D eigenvalue weighted by molar-refractivity contribution is -0.137. The molecule has 6 nitrogen and oxygen atoms in total. The highest BCUT2D eigenvalue weighted by atomic mass is 79.9. The Balaban J connectivity index is 2.68. The van der Waals surface area contributed by atoms with Crippen molar-refractivity contribution in [2.24, 2.45) is 10.9 Å². The van der Waals surface area contributed by atoms with Gasteiger partial charge in [-0.15, -0.1) is 0 Å². The second-order valence-electron chi connectivity index (χ2n) is 3.63.